The smallest absolute Gasteiger partial charge is 0.227 e. The van der Waals surface area contributed by atoms with E-state index in [4.69, 9.17) is 17.3 Å². The zero-order valence-electron chi connectivity index (χ0n) is 14.1. The number of amides is 1. The third-order valence-corrected chi connectivity index (χ3v) is 5.06. The van der Waals surface area contributed by atoms with E-state index in [1.807, 2.05) is 47.7 Å². The molecular weight excluding hydrogens is 324 g/mol. The van der Waals surface area contributed by atoms with E-state index in [0.29, 0.717) is 18.0 Å². The zero-order valence-corrected chi connectivity index (χ0v) is 14.9. The highest BCUT2D eigenvalue weighted by Gasteiger charge is 2.28. The van der Waals surface area contributed by atoms with Crippen molar-refractivity contribution < 1.29 is 4.79 Å². The molecule has 0 aliphatic carbocycles. The fraction of sp³-hybridized carbons (Fsp3) is 0.444. The molecule has 2 heterocycles. The van der Waals surface area contributed by atoms with Crippen LogP contribution in [0.5, 0.6) is 0 Å². The summed E-state index contributed by atoms with van der Waals surface area (Å²) in [4.78, 5) is 14.6. The molecule has 2 aromatic rings. The van der Waals surface area contributed by atoms with E-state index in [0.717, 1.165) is 42.0 Å². The van der Waals surface area contributed by atoms with E-state index in [1.165, 1.54) is 0 Å². The average Bonchev–Trinajstić information content (AvgIpc) is 3.15. The molecule has 128 valence electrons. The predicted molar refractivity (Wildman–Crippen MR) is 95.5 cm³/mol. The third kappa shape index (κ3) is 3.19. The van der Waals surface area contributed by atoms with Gasteiger partial charge in [0.2, 0.25) is 5.91 Å². The molecule has 1 aliphatic heterocycles. The topological polar surface area (TPSA) is 64.2 Å². The van der Waals surface area contributed by atoms with Gasteiger partial charge in [-0.25, -0.2) is 4.68 Å². The molecule has 0 saturated carbocycles. The highest BCUT2D eigenvalue weighted by molar-refractivity contribution is 6.30. The van der Waals surface area contributed by atoms with Crippen LogP contribution in [-0.4, -0.2) is 39.7 Å². The minimum Gasteiger partial charge on any atom is -0.338 e. The first-order valence-electron chi connectivity index (χ1n) is 8.32. The van der Waals surface area contributed by atoms with Crippen LogP contribution in [0, 0.1) is 13.8 Å². The van der Waals surface area contributed by atoms with Crippen LogP contribution in [0.15, 0.2) is 24.3 Å². The predicted octanol–water partition coefficient (Wildman–Crippen LogP) is 2.63. The van der Waals surface area contributed by atoms with E-state index in [9.17, 15) is 4.79 Å². The lowest BCUT2D eigenvalue weighted by Crippen LogP contribution is -2.40. The van der Waals surface area contributed by atoms with Crippen LogP contribution in [0.2, 0.25) is 5.02 Å². The van der Waals surface area contributed by atoms with Crippen LogP contribution in [0.25, 0.3) is 5.69 Å². The first-order chi connectivity index (χ1) is 11.5. The van der Waals surface area contributed by atoms with Gasteiger partial charge in [0.05, 0.1) is 17.8 Å². The number of nitrogens with zero attached hydrogens (tertiary/aromatic N) is 3. The summed E-state index contributed by atoms with van der Waals surface area (Å²) in [7, 11) is 0. The molecule has 24 heavy (non-hydrogen) atoms. The first-order valence-corrected chi connectivity index (χ1v) is 8.69. The maximum absolute atomic E-state index is 12.7. The van der Waals surface area contributed by atoms with Crippen molar-refractivity contribution in [2.24, 2.45) is 5.73 Å². The average molecular weight is 347 g/mol. The third-order valence-electron chi connectivity index (χ3n) is 4.81. The zero-order chi connectivity index (χ0) is 17.3. The Morgan fingerprint density at radius 1 is 1.33 bits per heavy atom. The SMILES string of the molecule is Cc1nn(-c2ccc(Cl)cc2)c(C)c1CC(=O)N1CCCC1CN. The minimum absolute atomic E-state index is 0.143. The van der Waals surface area contributed by atoms with Crippen molar-refractivity contribution >= 4 is 17.5 Å². The molecule has 1 aliphatic rings. The maximum atomic E-state index is 12.7. The molecule has 1 fully saturated rings. The van der Waals surface area contributed by atoms with Crippen molar-refractivity contribution in [1.29, 1.82) is 0 Å². The summed E-state index contributed by atoms with van der Waals surface area (Å²) >= 11 is 5.95. The first kappa shape index (κ1) is 17.0. The molecule has 1 aromatic heterocycles. The van der Waals surface area contributed by atoms with Crippen molar-refractivity contribution in [2.45, 2.75) is 39.2 Å². The number of aromatic nitrogens is 2. The number of hydrogen-bond donors (Lipinski definition) is 1. The monoisotopic (exact) mass is 346 g/mol. The molecule has 3 rings (SSSR count). The number of benzene rings is 1. The van der Waals surface area contributed by atoms with Crippen LogP contribution in [0.4, 0.5) is 0 Å². The minimum atomic E-state index is 0.143. The fourth-order valence-corrected chi connectivity index (χ4v) is 3.55. The summed E-state index contributed by atoms with van der Waals surface area (Å²) in [5.41, 5.74) is 9.61. The van der Waals surface area contributed by atoms with E-state index in [1.54, 1.807) is 0 Å². The molecule has 1 atom stereocenters. The summed E-state index contributed by atoms with van der Waals surface area (Å²) < 4.78 is 1.87. The second kappa shape index (κ2) is 6.95. The Labute approximate surface area is 147 Å². The number of nitrogens with two attached hydrogens (primary N) is 1. The highest BCUT2D eigenvalue weighted by Crippen LogP contribution is 2.23. The Morgan fingerprint density at radius 2 is 2.04 bits per heavy atom. The molecule has 1 aromatic carbocycles. The molecule has 1 saturated heterocycles. The quantitative estimate of drug-likeness (QED) is 0.925. The van der Waals surface area contributed by atoms with Gasteiger partial charge in [0.25, 0.3) is 0 Å². The molecule has 0 bridgehead atoms. The van der Waals surface area contributed by atoms with E-state index < -0.39 is 0 Å². The maximum Gasteiger partial charge on any atom is 0.227 e. The van der Waals surface area contributed by atoms with E-state index >= 15 is 0 Å². The van der Waals surface area contributed by atoms with Crippen molar-refractivity contribution in [2.75, 3.05) is 13.1 Å². The largest absolute Gasteiger partial charge is 0.338 e. The molecular formula is C18H23ClN4O. The van der Waals surface area contributed by atoms with Crippen molar-refractivity contribution in [3.63, 3.8) is 0 Å². The van der Waals surface area contributed by atoms with Crippen LogP contribution >= 0.6 is 11.6 Å². The van der Waals surface area contributed by atoms with Crippen molar-refractivity contribution in [3.8, 4) is 5.69 Å². The van der Waals surface area contributed by atoms with Gasteiger partial charge in [-0.1, -0.05) is 11.6 Å². The number of aryl methyl sites for hydroxylation is 1. The number of halogens is 1. The van der Waals surface area contributed by atoms with Crippen molar-refractivity contribution in [1.82, 2.24) is 14.7 Å². The van der Waals surface area contributed by atoms with Crippen LogP contribution in [0.3, 0.4) is 0 Å². The lowest BCUT2D eigenvalue weighted by atomic mass is 10.1. The molecule has 1 unspecified atom stereocenters. The summed E-state index contributed by atoms with van der Waals surface area (Å²) in [5, 5.41) is 5.30. The highest BCUT2D eigenvalue weighted by atomic mass is 35.5. The molecule has 0 radical (unpaired) electrons. The second-order valence-electron chi connectivity index (χ2n) is 6.33. The Morgan fingerprint density at radius 3 is 2.71 bits per heavy atom. The molecule has 2 N–H and O–H groups in total. The van der Waals surface area contributed by atoms with Crippen LogP contribution in [-0.2, 0) is 11.2 Å². The lowest BCUT2D eigenvalue weighted by molar-refractivity contribution is -0.131. The van der Waals surface area contributed by atoms with Crippen LogP contribution < -0.4 is 5.73 Å². The van der Waals surface area contributed by atoms with E-state index in [-0.39, 0.29) is 11.9 Å². The number of rotatable bonds is 4. The second-order valence-corrected chi connectivity index (χ2v) is 6.77. The Bertz CT molecular complexity index is 738. The normalized spacial score (nSPS) is 17.5. The van der Waals surface area contributed by atoms with E-state index in [2.05, 4.69) is 5.10 Å². The van der Waals surface area contributed by atoms with Gasteiger partial charge >= 0.3 is 0 Å². The number of carbonyl (C=O) groups is 1. The van der Waals surface area contributed by atoms with Gasteiger partial charge in [0.15, 0.2) is 0 Å². The lowest BCUT2D eigenvalue weighted by Gasteiger charge is -2.23. The van der Waals surface area contributed by atoms with Gasteiger partial charge in [0.1, 0.15) is 0 Å². The summed E-state index contributed by atoms with van der Waals surface area (Å²) in [5.74, 6) is 0.143. The standard InChI is InChI=1S/C18H23ClN4O/c1-12-17(10-18(24)22-9-3-4-16(22)11-20)13(2)23(21-12)15-7-5-14(19)6-8-15/h5-8,16H,3-4,9-11,20H2,1-2H3. The van der Waals surface area contributed by atoms with Gasteiger partial charge in [-0.2, -0.15) is 5.10 Å². The summed E-state index contributed by atoms with van der Waals surface area (Å²) in [6, 6.07) is 7.73. The fourth-order valence-electron chi connectivity index (χ4n) is 3.43. The Hall–Kier alpha value is -1.85. The number of carbonyl (C=O) groups excluding carboxylic acids is 1. The number of likely N-dealkylation sites (tertiary alicyclic amines) is 1. The van der Waals surface area contributed by atoms with Gasteiger partial charge in [-0.05, 0) is 51.0 Å². The molecule has 6 heteroatoms. The van der Waals surface area contributed by atoms with Gasteiger partial charge in [-0.3, -0.25) is 4.79 Å². The van der Waals surface area contributed by atoms with Gasteiger partial charge in [0, 0.05) is 35.4 Å². The Kier molecular flexibility index (Phi) is 4.92. The van der Waals surface area contributed by atoms with Crippen molar-refractivity contribution in [3.05, 3.63) is 46.2 Å². The van der Waals surface area contributed by atoms with Gasteiger partial charge in [-0.15, -0.1) is 0 Å². The molecule has 0 spiro atoms. The van der Waals surface area contributed by atoms with Crippen LogP contribution in [0.1, 0.15) is 29.8 Å². The number of hydrogen-bond acceptors (Lipinski definition) is 3. The van der Waals surface area contributed by atoms with Gasteiger partial charge < -0.3 is 10.6 Å². The summed E-state index contributed by atoms with van der Waals surface area (Å²) in [6.07, 6.45) is 2.42. The molecule has 5 nitrogen and oxygen atoms in total. The summed E-state index contributed by atoms with van der Waals surface area (Å²) in [6.45, 7) is 5.30. The Balaban J connectivity index is 1.84. The molecule has 1 amide bonds.